The molecule has 0 aromatic carbocycles. The number of aryl methyl sites for hydroxylation is 1. The highest BCUT2D eigenvalue weighted by Gasteiger charge is 1.81. The van der Waals surface area contributed by atoms with E-state index in [1.807, 2.05) is 11.6 Å². The quantitative estimate of drug-likeness (QED) is 0.573. The molecule has 1 N–H and O–H groups in total. The van der Waals surface area contributed by atoms with Crippen LogP contribution in [0.25, 0.3) is 0 Å². The molecule has 0 spiro atoms. The summed E-state index contributed by atoms with van der Waals surface area (Å²) in [4.78, 5) is 3.81. The summed E-state index contributed by atoms with van der Waals surface area (Å²) in [6, 6.07) is 0. The average molecular weight is 129 g/mol. The number of hydrogen-bond acceptors (Lipinski definition) is 2. The van der Waals surface area contributed by atoms with E-state index in [9.17, 15) is 0 Å². The van der Waals surface area contributed by atoms with Gasteiger partial charge in [-0.3, -0.25) is 9.78 Å². The third-order valence-electron chi connectivity index (χ3n) is 0.894. The first kappa shape index (κ1) is 5.50. The molecule has 0 atom stereocenters. The maximum atomic E-state index is 4.71. The van der Waals surface area contributed by atoms with E-state index in [0.29, 0.717) is 4.77 Å². The van der Waals surface area contributed by atoms with Crippen LogP contribution in [0, 0.1) is 4.77 Å². The maximum Gasteiger partial charge on any atom is 0.213 e. The van der Waals surface area contributed by atoms with Gasteiger partial charge in [-0.15, -0.1) is 0 Å². The number of nitrogens with zero attached hydrogens (tertiary/aromatic N) is 2. The molecule has 1 aromatic heterocycles. The van der Waals surface area contributed by atoms with E-state index in [-0.39, 0.29) is 0 Å². The minimum absolute atomic E-state index is 0.548. The van der Waals surface area contributed by atoms with Crippen LogP contribution < -0.4 is 0 Å². The Morgan fingerprint density at radius 2 is 2.75 bits per heavy atom. The van der Waals surface area contributed by atoms with Gasteiger partial charge in [0.15, 0.2) is 0 Å². The summed E-state index contributed by atoms with van der Waals surface area (Å²) in [5.74, 6) is 0. The van der Waals surface area contributed by atoms with Gasteiger partial charge in [-0.25, -0.2) is 4.98 Å². The second-order valence-electron chi connectivity index (χ2n) is 1.45. The fourth-order valence-electron chi connectivity index (χ4n) is 0.463. The van der Waals surface area contributed by atoms with Gasteiger partial charge in [-0.05, 0) is 19.1 Å². The lowest BCUT2D eigenvalue weighted by Gasteiger charge is -1.88. The topological polar surface area (TPSA) is 33.6 Å². The molecule has 0 aliphatic carbocycles. The number of hydrogen-bond donors (Lipinski definition) is 1. The Morgan fingerprint density at radius 3 is 3.00 bits per heavy atom. The summed E-state index contributed by atoms with van der Waals surface area (Å²) in [6.07, 6.45) is 1.68. The molecule has 8 heavy (non-hydrogen) atoms. The van der Waals surface area contributed by atoms with Gasteiger partial charge in [-0.1, -0.05) is 0 Å². The van der Waals surface area contributed by atoms with Crippen molar-refractivity contribution in [3.8, 4) is 0 Å². The number of aromatic nitrogens is 3. The SMILES string of the molecule is CCn1cnc(=S)[nH]1. The summed E-state index contributed by atoms with van der Waals surface area (Å²) >= 11 is 4.71. The second-order valence-corrected chi connectivity index (χ2v) is 1.83. The zero-order chi connectivity index (χ0) is 5.98. The van der Waals surface area contributed by atoms with Crippen molar-refractivity contribution in [1.82, 2.24) is 14.8 Å². The molecule has 0 aliphatic rings. The zero-order valence-electron chi connectivity index (χ0n) is 4.59. The van der Waals surface area contributed by atoms with Crippen molar-refractivity contribution in [2.45, 2.75) is 13.5 Å². The molecule has 4 heteroatoms. The Labute approximate surface area is 52.3 Å². The first-order valence-electron chi connectivity index (χ1n) is 2.44. The molecule has 0 saturated carbocycles. The van der Waals surface area contributed by atoms with E-state index in [0.717, 1.165) is 6.54 Å². The van der Waals surface area contributed by atoms with Crippen molar-refractivity contribution < 1.29 is 0 Å². The molecule has 0 fully saturated rings. The van der Waals surface area contributed by atoms with Crippen LogP contribution in [0.2, 0.25) is 0 Å². The van der Waals surface area contributed by atoms with Crippen LogP contribution in [-0.2, 0) is 6.54 Å². The number of rotatable bonds is 1. The molecular weight excluding hydrogens is 122 g/mol. The molecule has 0 bridgehead atoms. The monoisotopic (exact) mass is 129 g/mol. The lowest BCUT2D eigenvalue weighted by Crippen LogP contribution is -1.92. The molecule has 0 aliphatic heterocycles. The van der Waals surface area contributed by atoms with Gasteiger partial charge in [0.05, 0.1) is 0 Å². The molecule has 3 nitrogen and oxygen atoms in total. The van der Waals surface area contributed by atoms with E-state index in [4.69, 9.17) is 12.2 Å². The molecule has 1 heterocycles. The summed E-state index contributed by atoms with van der Waals surface area (Å²) in [5.41, 5.74) is 0. The molecule has 0 unspecified atom stereocenters. The third kappa shape index (κ3) is 0.949. The average Bonchev–Trinajstić information content (AvgIpc) is 2.14. The molecule has 0 saturated heterocycles. The van der Waals surface area contributed by atoms with Gasteiger partial charge in [0.25, 0.3) is 0 Å². The summed E-state index contributed by atoms with van der Waals surface area (Å²) in [7, 11) is 0. The van der Waals surface area contributed by atoms with E-state index in [1.165, 1.54) is 0 Å². The molecular formula is C4H7N3S. The number of aromatic amines is 1. The largest absolute Gasteiger partial charge is 0.275 e. The van der Waals surface area contributed by atoms with Crippen LogP contribution in [0.15, 0.2) is 6.33 Å². The first-order valence-corrected chi connectivity index (χ1v) is 2.85. The van der Waals surface area contributed by atoms with E-state index in [2.05, 4.69) is 10.1 Å². The summed E-state index contributed by atoms with van der Waals surface area (Å²) in [5, 5.41) is 2.85. The van der Waals surface area contributed by atoms with E-state index in [1.54, 1.807) is 6.33 Å². The number of H-pyrrole nitrogens is 1. The van der Waals surface area contributed by atoms with Gasteiger partial charge in [0.1, 0.15) is 6.33 Å². The van der Waals surface area contributed by atoms with E-state index >= 15 is 0 Å². The van der Waals surface area contributed by atoms with Gasteiger partial charge in [0, 0.05) is 6.54 Å². The van der Waals surface area contributed by atoms with E-state index < -0.39 is 0 Å². The first-order chi connectivity index (χ1) is 3.83. The highest BCUT2D eigenvalue weighted by Crippen LogP contribution is 1.79. The Hall–Kier alpha value is -0.640. The van der Waals surface area contributed by atoms with Crippen molar-refractivity contribution in [3.63, 3.8) is 0 Å². The maximum absolute atomic E-state index is 4.71. The van der Waals surface area contributed by atoms with Crippen molar-refractivity contribution >= 4 is 12.2 Å². The molecule has 1 aromatic rings. The third-order valence-corrected chi connectivity index (χ3v) is 1.09. The highest BCUT2D eigenvalue weighted by molar-refractivity contribution is 7.71. The lowest BCUT2D eigenvalue weighted by atomic mass is 10.8. The van der Waals surface area contributed by atoms with Crippen LogP contribution in [-0.4, -0.2) is 14.8 Å². The number of nitrogens with one attached hydrogen (secondary N) is 1. The Morgan fingerprint density at radius 1 is 2.00 bits per heavy atom. The van der Waals surface area contributed by atoms with Crippen molar-refractivity contribution in [1.29, 1.82) is 0 Å². The molecule has 0 amide bonds. The fourth-order valence-corrected chi connectivity index (χ4v) is 0.628. The smallest absolute Gasteiger partial charge is 0.213 e. The van der Waals surface area contributed by atoms with Crippen LogP contribution in [0.3, 0.4) is 0 Å². The van der Waals surface area contributed by atoms with Crippen molar-refractivity contribution in [2.24, 2.45) is 0 Å². The zero-order valence-corrected chi connectivity index (χ0v) is 5.40. The van der Waals surface area contributed by atoms with Crippen molar-refractivity contribution in [3.05, 3.63) is 11.1 Å². The molecule has 1 rings (SSSR count). The standard InChI is InChI=1S/C4H7N3S/c1-2-7-3-5-4(8)6-7/h3H,2H2,1H3,(H,6,8). The summed E-state index contributed by atoms with van der Waals surface area (Å²) in [6.45, 7) is 2.91. The normalized spacial score (nSPS) is 9.62. The van der Waals surface area contributed by atoms with Gasteiger partial charge < -0.3 is 0 Å². The highest BCUT2D eigenvalue weighted by atomic mass is 32.1. The Balaban J connectivity index is 3.01. The second kappa shape index (κ2) is 2.09. The Kier molecular flexibility index (Phi) is 1.43. The van der Waals surface area contributed by atoms with Crippen LogP contribution >= 0.6 is 12.2 Å². The minimum atomic E-state index is 0.548. The Bertz CT molecular complexity index is 211. The predicted molar refractivity (Wildman–Crippen MR) is 33.1 cm³/mol. The fraction of sp³-hybridized carbons (Fsp3) is 0.500. The minimum Gasteiger partial charge on any atom is -0.275 e. The summed E-state index contributed by atoms with van der Waals surface area (Å²) < 4.78 is 2.37. The lowest BCUT2D eigenvalue weighted by molar-refractivity contribution is 0.656. The molecule has 0 radical (unpaired) electrons. The predicted octanol–water partition coefficient (Wildman–Crippen LogP) is 0.961. The van der Waals surface area contributed by atoms with Crippen LogP contribution in [0.4, 0.5) is 0 Å². The van der Waals surface area contributed by atoms with Crippen LogP contribution in [0.1, 0.15) is 6.92 Å². The van der Waals surface area contributed by atoms with Gasteiger partial charge >= 0.3 is 0 Å². The van der Waals surface area contributed by atoms with Crippen LogP contribution in [0.5, 0.6) is 0 Å². The van der Waals surface area contributed by atoms with Gasteiger partial charge in [0.2, 0.25) is 4.77 Å². The van der Waals surface area contributed by atoms with Gasteiger partial charge in [-0.2, -0.15) is 0 Å². The molecule has 44 valence electrons. The van der Waals surface area contributed by atoms with Crippen molar-refractivity contribution in [2.75, 3.05) is 0 Å².